The second-order valence-electron chi connectivity index (χ2n) is 9.19. The van der Waals surface area contributed by atoms with Crippen molar-refractivity contribution in [2.45, 2.75) is 23.3 Å². The molecule has 5 rings (SSSR count). The van der Waals surface area contributed by atoms with Gasteiger partial charge in [-0.05, 0) is 49.4 Å². The molecule has 1 N–H and O–H groups in total. The van der Waals surface area contributed by atoms with E-state index in [9.17, 15) is 13.5 Å². The van der Waals surface area contributed by atoms with Crippen molar-refractivity contribution in [1.82, 2.24) is 13.8 Å². The Balaban J connectivity index is 1.61. The number of hydrogen-bond donors (Lipinski definition) is 1. The van der Waals surface area contributed by atoms with Crippen molar-refractivity contribution in [3.63, 3.8) is 0 Å². The summed E-state index contributed by atoms with van der Waals surface area (Å²) in [4.78, 5) is 2.49. The number of aryl methyl sites for hydroxylation is 2. The zero-order valence-corrected chi connectivity index (χ0v) is 19.7. The van der Waals surface area contributed by atoms with Gasteiger partial charge in [0, 0.05) is 49.2 Å². The van der Waals surface area contributed by atoms with Crippen LogP contribution in [0.3, 0.4) is 0 Å². The first-order chi connectivity index (χ1) is 15.2. The molecule has 8 heteroatoms. The Morgan fingerprint density at radius 2 is 1.88 bits per heavy atom. The van der Waals surface area contributed by atoms with Gasteiger partial charge in [-0.1, -0.05) is 12.1 Å². The lowest BCUT2D eigenvalue weighted by Crippen LogP contribution is -2.67. The van der Waals surface area contributed by atoms with Gasteiger partial charge in [0.1, 0.15) is 5.75 Å². The van der Waals surface area contributed by atoms with Crippen LogP contribution in [0.25, 0.3) is 10.9 Å². The van der Waals surface area contributed by atoms with Crippen molar-refractivity contribution in [2.24, 2.45) is 7.05 Å². The molecule has 1 fully saturated rings. The topological polar surface area (TPSA) is 75.0 Å². The molecule has 1 aromatic heterocycles. The molecule has 1 saturated heterocycles. The maximum absolute atomic E-state index is 13.3. The van der Waals surface area contributed by atoms with Crippen molar-refractivity contribution in [3.8, 4) is 5.75 Å². The van der Waals surface area contributed by atoms with Crippen LogP contribution in [-0.2, 0) is 22.5 Å². The highest BCUT2D eigenvalue weighted by atomic mass is 32.2. The van der Waals surface area contributed by atoms with Gasteiger partial charge in [0.2, 0.25) is 10.0 Å². The first-order valence-electron chi connectivity index (χ1n) is 10.8. The summed E-state index contributed by atoms with van der Waals surface area (Å²) in [5.41, 5.74) is 3.85. The molecule has 0 radical (unpaired) electrons. The molecular weight excluding hydrogens is 426 g/mol. The van der Waals surface area contributed by atoms with Gasteiger partial charge in [0.05, 0.1) is 30.2 Å². The van der Waals surface area contributed by atoms with Crippen LogP contribution in [0, 0.1) is 6.92 Å². The molecule has 1 spiro atoms. The van der Waals surface area contributed by atoms with E-state index in [0.717, 1.165) is 33.5 Å². The number of hydrogen-bond acceptors (Lipinski definition) is 5. The van der Waals surface area contributed by atoms with E-state index in [1.165, 1.54) is 0 Å². The van der Waals surface area contributed by atoms with Gasteiger partial charge in [-0.15, -0.1) is 0 Å². The van der Waals surface area contributed by atoms with Crippen LogP contribution in [0.15, 0.2) is 47.4 Å². The number of nitrogens with zero attached hydrogens (tertiary/aromatic N) is 3. The minimum atomic E-state index is -3.56. The normalized spacial score (nSPS) is 21.0. The van der Waals surface area contributed by atoms with E-state index in [1.807, 2.05) is 39.2 Å². The van der Waals surface area contributed by atoms with E-state index in [-0.39, 0.29) is 18.1 Å². The number of aromatic nitrogens is 1. The van der Waals surface area contributed by atoms with Crippen LogP contribution in [0.4, 0.5) is 0 Å². The summed E-state index contributed by atoms with van der Waals surface area (Å²) in [6, 6.07) is 13.0. The predicted molar refractivity (Wildman–Crippen MR) is 124 cm³/mol. The summed E-state index contributed by atoms with van der Waals surface area (Å²) in [6.07, 6.45) is 0. The van der Waals surface area contributed by atoms with Crippen molar-refractivity contribution >= 4 is 20.9 Å². The van der Waals surface area contributed by atoms with Crippen molar-refractivity contribution in [1.29, 1.82) is 0 Å². The van der Waals surface area contributed by atoms with E-state index in [4.69, 9.17) is 4.74 Å². The molecule has 2 aliphatic heterocycles. The summed E-state index contributed by atoms with van der Waals surface area (Å²) in [5, 5.41) is 11.3. The Bertz CT molecular complexity index is 1310. The standard InChI is InChI=1S/C24H29N3O4S/c1-16-6-5-7-18(10-16)32(29,30)27-14-24(15-27)13-25(2)21(12-28)23-22(24)19-9-8-17(31-4)11-20(19)26(23)3/h5-11,21,28H,12-15H2,1-4H3/t21-/m1/s1. The van der Waals surface area contributed by atoms with Crippen molar-refractivity contribution in [2.75, 3.05) is 40.4 Å². The molecule has 0 aliphatic carbocycles. The number of methoxy groups -OCH3 is 1. The van der Waals surface area contributed by atoms with Gasteiger partial charge in [-0.3, -0.25) is 4.90 Å². The Kier molecular flexibility index (Phi) is 4.90. The molecular formula is C24H29N3O4S. The summed E-state index contributed by atoms with van der Waals surface area (Å²) < 4.78 is 35.8. The SMILES string of the molecule is COc1ccc2c3c(n(C)c2c1)[C@@H](CO)N(C)CC31CN(S(=O)(=O)c2cccc(C)c2)C1. The zero-order chi connectivity index (χ0) is 22.8. The molecule has 32 heavy (non-hydrogen) atoms. The lowest BCUT2D eigenvalue weighted by molar-refractivity contribution is 0.0451. The molecule has 7 nitrogen and oxygen atoms in total. The van der Waals surface area contributed by atoms with E-state index in [0.29, 0.717) is 24.5 Å². The molecule has 3 heterocycles. The predicted octanol–water partition coefficient (Wildman–Crippen LogP) is 2.42. The third kappa shape index (κ3) is 2.94. The quantitative estimate of drug-likeness (QED) is 0.654. The number of rotatable bonds is 4. The zero-order valence-electron chi connectivity index (χ0n) is 18.9. The molecule has 2 aromatic carbocycles. The van der Waals surface area contributed by atoms with Crippen LogP contribution in [0.5, 0.6) is 5.75 Å². The Labute approximate surface area is 188 Å². The van der Waals surface area contributed by atoms with Gasteiger partial charge in [0.25, 0.3) is 0 Å². The summed E-state index contributed by atoms with van der Waals surface area (Å²) in [7, 11) is 2.10. The third-order valence-corrected chi connectivity index (χ3v) is 8.93. The van der Waals surface area contributed by atoms with Gasteiger partial charge >= 0.3 is 0 Å². The maximum Gasteiger partial charge on any atom is 0.243 e. The Morgan fingerprint density at radius 3 is 2.53 bits per heavy atom. The Morgan fingerprint density at radius 1 is 1.12 bits per heavy atom. The van der Waals surface area contributed by atoms with Gasteiger partial charge in [-0.2, -0.15) is 4.31 Å². The van der Waals surface area contributed by atoms with Crippen LogP contribution < -0.4 is 4.74 Å². The number of fused-ring (bicyclic) bond motifs is 4. The highest BCUT2D eigenvalue weighted by molar-refractivity contribution is 7.89. The molecule has 2 aliphatic rings. The van der Waals surface area contributed by atoms with Gasteiger partial charge < -0.3 is 14.4 Å². The van der Waals surface area contributed by atoms with Gasteiger partial charge in [0.15, 0.2) is 0 Å². The minimum absolute atomic E-state index is 0.00613. The fourth-order valence-corrected chi connectivity index (χ4v) is 7.31. The number of aliphatic hydroxyl groups excluding tert-OH is 1. The maximum atomic E-state index is 13.3. The molecule has 1 atom stereocenters. The monoisotopic (exact) mass is 455 g/mol. The van der Waals surface area contributed by atoms with E-state index < -0.39 is 10.0 Å². The fourth-order valence-electron chi connectivity index (χ4n) is 5.59. The third-order valence-electron chi connectivity index (χ3n) is 7.14. The number of aliphatic hydroxyl groups is 1. The number of ether oxygens (including phenoxy) is 1. The first kappa shape index (κ1) is 21.5. The average molecular weight is 456 g/mol. The molecule has 0 saturated carbocycles. The first-order valence-corrected chi connectivity index (χ1v) is 12.2. The average Bonchev–Trinajstić information content (AvgIpc) is 3.04. The van der Waals surface area contributed by atoms with Crippen LogP contribution in [0.1, 0.15) is 22.9 Å². The highest BCUT2D eigenvalue weighted by Crippen LogP contribution is 2.50. The van der Waals surface area contributed by atoms with Crippen LogP contribution >= 0.6 is 0 Å². The summed E-state index contributed by atoms with van der Waals surface area (Å²) in [5.74, 6) is 0.774. The number of benzene rings is 2. The number of sulfonamides is 1. The second kappa shape index (κ2) is 7.31. The molecule has 0 bridgehead atoms. The molecule has 170 valence electrons. The minimum Gasteiger partial charge on any atom is -0.497 e. The lowest BCUT2D eigenvalue weighted by atomic mass is 9.70. The largest absolute Gasteiger partial charge is 0.497 e. The lowest BCUT2D eigenvalue weighted by Gasteiger charge is -2.55. The van der Waals surface area contributed by atoms with Crippen molar-refractivity contribution < 1.29 is 18.3 Å². The second-order valence-corrected chi connectivity index (χ2v) is 11.1. The van der Waals surface area contributed by atoms with Crippen LogP contribution in [-0.4, -0.2) is 67.7 Å². The van der Waals surface area contributed by atoms with Crippen LogP contribution in [0.2, 0.25) is 0 Å². The molecule has 0 amide bonds. The summed E-state index contributed by atoms with van der Waals surface area (Å²) >= 11 is 0. The molecule has 0 unspecified atom stereocenters. The van der Waals surface area contributed by atoms with Crippen molar-refractivity contribution in [3.05, 3.63) is 59.3 Å². The van der Waals surface area contributed by atoms with E-state index >= 15 is 0 Å². The smallest absolute Gasteiger partial charge is 0.243 e. The van der Waals surface area contributed by atoms with E-state index in [1.54, 1.807) is 29.6 Å². The fraction of sp³-hybridized carbons (Fsp3) is 0.417. The number of likely N-dealkylation sites (N-methyl/N-ethyl adjacent to an activating group) is 1. The highest BCUT2D eigenvalue weighted by Gasteiger charge is 2.55. The summed E-state index contributed by atoms with van der Waals surface area (Å²) in [6.45, 7) is 3.44. The van der Waals surface area contributed by atoms with Gasteiger partial charge in [-0.25, -0.2) is 8.42 Å². The molecule has 3 aromatic rings. The van der Waals surface area contributed by atoms with E-state index in [2.05, 4.69) is 15.5 Å². The Hall–Kier alpha value is -2.39.